The molecule has 2 aliphatic rings. The summed E-state index contributed by atoms with van der Waals surface area (Å²) in [7, 11) is 1.32. The molecule has 0 bridgehead atoms. The maximum Gasteiger partial charge on any atom is 0.314 e. The summed E-state index contributed by atoms with van der Waals surface area (Å²) in [5, 5.41) is 9.40. The highest BCUT2D eigenvalue weighted by atomic mass is 19.1. The van der Waals surface area contributed by atoms with Crippen LogP contribution in [0.4, 0.5) is 4.39 Å². The molecule has 5 nitrogen and oxygen atoms in total. The molecule has 1 aromatic carbocycles. The predicted octanol–water partition coefficient (Wildman–Crippen LogP) is 1.72. The Labute approximate surface area is 108 Å². The molecular formula is C13H13FO5. The zero-order valence-electron chi connectivity index (χ0n) is 10.4. The molecular weight excluding hydrogens is 255 g/mol. The fourth-order valence-electron chi connectivity index (χ4n) is 2.47. The zero-order chi connectivity index (χ0) is 13.6. The minimum Gasteiger partial charge on any atom is -0.493 e. The van der Waals surface area contributed by atoms with Gasteiger partial charge >= 0.3 is 5.97 Å². The molecule has 3 rings (SSSR count). The molecule has 0 amide bonds. The summed E-state index contributed by atoms with van der Waals surface area (Å²) in [4.78, 5) is 11.5. The van der Waals surface area contributed by atoms with Crippen molar-refractivity contribution in [2.75, 3.05) is 20.3 Å². The normalized spacial score (nSPS) is 18.8. The Balaban J connectivity index is 2.26. The maximum atomic E-state index is 14.0. The zero-order valence-corrected chi connectivity index (χ0v) is 10.4. The summed E-state index contributed by atoms with van der Waals surface area (Å²) in [5.74, 6) is -1.15. The molecule has 1 saturated carbocycles. The molecule has 19 heavy (non-hydrogen) atoms. The van der Waals surface area contributed by atoms with Gasteiger partial charge in [0.05, 0.1) is 12.7 Å². The Kier molecular flexibility index (Phi) is 2.55. The third-order valence-electron chi connectivity index (χ3n) is 3.58. The first kappa shape index (κ1) is 12.1. The highest BCUT2D eigenvalue weighted by Gasteiger charge is 2.56. The van der Waals surface area contributed by atoms with E-state index in [1.807, 2.05) is 0 Å². The van der Waals surface area contributed by atoms with Crippen molar-refractivity contribution in [3.8, 4) is 17.2 Å². The van der Waals surface area contributed by atoms with Crippen molar-refractivity contribution >= 4 is 5.97 Å². The molecule has 1 aliphatic carbocycles. The van der Waals surface area contributed by atoms with Gasteiger partial charge in [-0.25, -0.2) is 4.39 Å². The van der Waals surface area contributed by atoms with Gasteiger partial charge in [0.2, 0.25) is 0 Å². The smallest absolute Gasteiger partial charge is 0.314 e. The molecule has 0 saturated heterocycles. The average molecular weight is 268 g/mol. The second-order valence-electron chi connectivity index (χ2n) is 4.68. The molecule has 1 N–H and O–H groups in total. The van der Waals surface area contributed by atoms with Crippen molar-refractivity contribution < 1.29 is 28.5 Å². The Morgan fingerprint density at radius 1 is 1.42 bits per heavy atom. The van der Waals surface area contributed by atoms with E-state index in [9.17, 15) is 14.3 Å². The lowest BCUT2D eigenvalue weighted by Gasteiger charge is -2.25. The number of hydrogen-bond donors (Lipinski definition) is 1. The van der Waals surface area contributed by atoms with Gasteiger partial charge < -0.3 is 19.3 Å². The van der Waals surface area contributed by atoms with Crippen molar-refractivity contribution in [2.24, 2.45) is 0 Å². The lowest BCUT2D eigenvalue weighted by molar-refractivity contribution is -0.140. The highest BCUT2D eigenvalue weighted by molar-refractivity contribution is 5.88. The number of benzene rings is 1. The van der Waals surface area contributed by atoms with Crippen LogP contribution in [0.2, 0.25) is 0 Å². The summed E-state index contributed by atoms with van der Waals surface area (Å²) >= 11 is 0. The molecule has 1 fully saturated rings. The molecule has 1 heterocycles. The minimum absolute atomic E-state index is 0.0656. The summed E-state index contributed by atoms with van der Waals surface area (Å²) in [6.45, 7) is 0.628. The van der Waals surface area contributed by atoms with Crippen molar-refractivity contribution in [3.63, 3.8) is 0 Å². The Bertz CT molecular complexity index is 550. The van der Waals surface area contributed by atoms with Gasteiger partial charge in [0.1, 0.15) is 18.6 Å². The standard InChI is InChI=1S/C13H13FO5/c1-17-10-7(14)6-8-11(19-5-4-18-8)9(10)13(2-3-13)12(15)16/h6H,2-5H2,1H3,(H,15,16). The van der Waals surface area contributed by atoms with Gasteiger partial charge in [-0.2, -0.15) is 0 Å². The quantitative estimate of drug-likeness (QED) is 0.904. The van der Waals surface area contributed by atoms with Crippen LogP contribution in [0.3, 0.4) is 0 Å². The van der Waals surface area contributed by atoms with Crippen molar-refractivity contribution in [2.45, 2.75) is 18.3 Å². The summed E-state index contributed by atoms with van der Waals surface area (Å²) in [5.41, 5.74) is -0.852. The van der Waals surface area contributed by atoms with E-state index in [-0.39, 0.29) is 17.1 Å². The third kappa shape index (κ3) is 1.63. The van der Waals surface area contributed by atoms with E-state index in [1.165, 1.54) is 13.2 Å². The van der Waals surface area contributed by atoms with Gasteiger partial charge in [-0.3, -0.25) is 4.79 Å². The molecule has 0 atom stereocenters. The van der Waals surface area contributed by atoms with Crippen molar-refractivity contribution in [1.29, 1.82) is 0 Å². The van der Waals surface area contributed by atoms with Gasteiger partial charge in [0, 0.05) is 6.07 Å². The fraction of sp³-hybridized carbons (Fsp3) is 0.462. The number of ether oxygens (including phenoxy) is 3. The van der Waals surface area contributed by atoms with Crippen LogP contribution in [0.5, 0.6) is 17.2 Å². The van der Waals surface area contributed by atoms with Crippen LogP contribution in [-0.4, -0.2) is 31.4 Å². The average Bonchev–Trinajstić information content (AvgIpc) is 3.18. The predicted molar refractivity (Wildman–Crippen MR) is 62.5 cm³/mol. The van der Waals surface area contributed by atoms with Crippen molar-refractivity contribution in [1.82, 2.24) is 0 Å². The Morgan fingerprint density at radius 2 is 2.11 bits per heavy atom. The topological polar surface area (TPSA) is 65.0 Å². The van der Waals surface area contributed by atoms with Crippen LogP contribution in [0.1, 0.15) is 18.4 Å². The molecule has 0 aromatic heterocycles. The monoisotopic (exact) mass is 268 g/mol. The SMILES string of the molecule is COc1c(F)cc2c(c1C1(C(=O)O)CC1)OCCO2. The summed E-state index contributed by atoms with van der Waals surface area (Å²) in [6.07, 6.45) is 0.885. The lowest BCUT2D eigenvalue weighted by Crippen LogP contribution is -2.25. The van der Waals surface area contributed by atoms with Gasteiger partial charge in [0.15, 0.2) is 23.1 Å². The van der Waals surface area contributed by atoms with Gasteiger partial charge in [-0.05, 0) is 12.8 Å². The number of carboxylic acid groups (broad SMARTS) is 1. The van der Waals surface area contributed by atoms with Gasteiger partial charge in [0.25, 0.3) is 0 Å². The van der Waals surface area contributed by atoms with Crippen LogP contribution in [-0.2, 0) is 10.2 Å². The van der Waals surface area contributed by atoms with Crippen LogP contribution >= 0.6 is 0 Å². The number of hydrogen-bond acceptors (Lipinski definition) is 4. The van der Waals surface area contributed by atoms with Crippen LogP contribution in [0, 0.1) is 5.82 Å². The molecule has 6 heteroatoms. The van der Waals surface area contributed by atoms with E-state index in [0.29, 0.717) is 31.8 Å². The number of rotatable bonds is 3. The fourth-order valence-corrected chi connectivity index (χ4v) is 2.47. The molecule has 0 unspecified atom stereocenters. The van der Waals surface area contributed by atoms with Crippen molar-refractivity contribution in [3.05, 3.63) is 17.4 Å². The van der Waals surface area contributed by atoms with E-state index >= 15 is 0 Å². The van der Waals surface area contributed by atoms with Crippen LogP contribution in [0.15, 0.2) is 6.07 Å². The second-order valence-corrected chi connectivity index (χ2v) is 4.68. The second kappa shape index (κ2) is 4.01. The maximum absolute atomic E-state index is 14.0. The molecule has 102 valence electrons. The van der Waals surface area contributed by atoms with Crippen LogP contribution in [0.25, 0.3) is 0 Å². The highest BCUT2D eigenvalue weighted by Crippen LogP contribution is 2.58. The first-order valence-corrected chi connectivity index (χ1v) is 6.00. The Hall–Kier alpha value is -1.98. The number of fused-ring (bicyclic) bond motifs is 1. The van der Waals surface area contributed by atoms with E-state index in [2.05, 4.69) is 0 Å². The Morgan fingerprint density at radius 3 is 2.68 bits per heavy atom. The number of methoxy groups -OCH3 is 1. The van der Waals surface area contributed by atoms with E-state index < -0.39 is 17.2 Å². The number of aliphatic carboxylic acids is 1. The van der Waals surface area contributed by atoms with Gasteiger partial charge in [-0.15, -0.1) is 0 Å². The van der Waals surface area contributed by atoms with Gasteiger partial charge in [-0.1, -0.05) is 0 Å². The van der Waals surface area contributed by atoms with E-state index in [4.69, 9.17) is 14.2 Å². The lowest BCUT2D eigenvalue weighted by atomic mass is 9.93. The number of halogens is 1. The largest absolute Gasteiger partial charge is 0.493 e. The van der Waals surface area contributed by atoms with E-state index in [1.54, 1.807) is 0 Å². The minimum atomic E-state index is -1.11. The number of carbonyl (C=O) groups is 1. The summed E-state index contributed by atoms with van der Waals surface area (Å²) in [6, 6.07) is 1.18. The first-order chi connectivity index (χ1) is 9.10. The molecule has 0 radical (unpaired) electrons. The molecule has 1 aromatic rings. The first-order valence-electron chi connectivity index (χ1n) is 6.00. The number of carboxylic acids is 1. The molecule has 0 spiro atoms. The van der Waals surface area contributed by atoms with Crippen LogP contribution < -0.4 is 14.2 Å². The third-order valence-corrected chi connectivity index (χ3v) is 3.58. The van der Waals surface area contributed by atoms with E-state index in [0.717, 1.165) is 0 Å². The molecule has 1 aliphatic heterocycles. The summed E-state index contributed by atoms with van der Waals surface area (Å²) < 4.78 is 29.9.